The maximum Gasteiger partial charge on any atom is 0.330 e. The fraction of sp³-hybridized carbons (Fsp3) is 0.812. The predicted molar refractivity (Wildman–Crippen MR) is 84.1 cm³/mol. The third-order valence-corrected chi connectivity index (χ3v) is 2.95. The van der Waals surface area contributed by atoms with Gasteiger partial charge in [0.15, 0.2) is 0 Å². The summed E-state index contributed by atoms with van der Waals surface area (Å²) in [5.74, 6) is 0.392. The zero-order valence-electron chi connectivity index (χ0n) is 13.6. The quantitative estimate of drug-likeness (QED) is 0.329. The minimum absolute atomic E-state index is 0.0278. The van der Waals surface area contributed by atoms with Crippen molar-refractivity contribution >= 4 is 5.97 Å². The third kappa shape index (κ3) is 19.1. The minimum atomic E-state index is -0.310. The Bertz CT molecular complexity index is 227. The monoisotopic (exact) mass is 304 g/mol. The van der Waals surface area contributed by atoms with Crippen molar-refractivity contribution in [3.05, 3.63) is 12.7 Å². The lowest BCUT2D eigenvalue weighted by atomic mass is 9.96. The third-order valence-electron chi connectivity index (χ3n) is 2.95. The number of ether oxygens (including phenoxy) is 2. The van der Waals surface area contributed by atoms with E-state index in [1.165, 1.54) is 31.8 Å². The second-order valence-corrected chi connectivity index (χ2v) is 4.64. The van der Waals surface area contributed by atoms with Gasteiger partial charge in [-0.05, 0) is 12.3 Å². The first-order valence-electron chi connectivity index (χ1n) is 7.74. The zero-order valence-corrected chi connectivity index (χ0v) is 13.6. The van der Waals surface area contributed by atoms with Crippen LogP contribution in [0.1, 0.15) is 46.0 Å². The van der Waals surface area contributed by atoms with Crippen molar-refractivity contribution in [1.29, 1.82) is 0 Å². The molecule has 5 nitrogen and oxygen atoms in total. The van der Waals surface area contributed by atoms with E-state index in [4.69, 9.17) is 14.9 Å². The molecule has 0 saturated heterocycles. The van der Waals surface area contributed by atoms with Crippen LogP contribution in [0.15, 0.2) is 12.7 Å². The predicted octanol–water partition coefficient (Wildman–Crippen LogP) is 2.31. The average Bonchev–Trinajstić information content (AvgIpc) is 2.51. The van der Waals surface area contributed by atoms with E-state index in [-0.39, 0.29) is 19.2 Å². The molecule has 1 atom stereocenters. The van der Waals surface area contributed by atoms with Gasteiger partial charge < -0.3 is 19.7 Å². The van der Waals surface area contributed by atoms with Gasteiger partial charge in [-0.1, -0.05) is 46.1 Å². The SMILES string of the molecule is C=CC(=O)OCCC(CC)CCCC.OCCOCCO. The minimum Gasteiger partial charge on any atom is -0.463 e. The molecule has 126 valence electrons. The molecule has 0 saturated carbocycles. The Morgan fingerprint density at radius 1 is 1.14 bits per heavy atom. The molecule has 0 aliphatic rings. The van der Waals surface area contributed by atoms with E-state index in [0.717, 1.165) is 6.42 Å². The highest BCUT2D eigenvalue weighted by Crippen LogP contribution is 2.16. The summed E-state index contributed by atoms with van der Waals surface area (Å²) in [5.41, 5.74) is 0. The van der Waals surface area contributed by atoms with Gasteiger partial charge in [-0.25, -0.2) is 4.79 Å². The van der Waals surface area contributed by atoms with Gasteiger partial charge in [0, 0.05) is 6.08 Å². The summed E-state index contributed by atoms with van der Waals surface area (Å²) >= 11 is 0. The summed E-state index contributed by atoms with van der Waals surface area (Å²) in [5, 5.41) is 16.2. The first-order valence-corrected chi connectivity index (χ1v) is 7.74. The first kappa shape index (κ1) is 22.4. The van der Waals surface area contributed by atoms with Gasteiger partial charge in [0.05, 0.1) is 33.0 Å². The lowest BCUT2D eigenvalue weighted by Crippen LogP contribution is -2.07. The molecule has 0 fully saturated rings. The molecule has 0 heterocycles. The van der Waals surface area contributed by atoms with E-state index in [2.05, 4.69) is 25.2 Å². The molecule has 0 radical (unpaired) electrons. The molecule has 1 unspecified atom stereocenters. The summed E-state index contributed by atoms with van der Waals surface area (Å²) < 4.78 is 9.58. The van der Waals surface area contributed by atoms with Gasteiger partial charge in [-0.2, -0.15) is 0 Å². The number of hydrogen-bond acceptors (Lipinski definition) is 5. The highest BCUT2D eigenvalue weighted by Gasteiger charge is 2.06. The molecule has 0 amide bonds. The van der Waals surface area contributed by atoms with E-state index in [9.17, 15) is 4.79 Å². The molecule has 0 aliphatic carbocycles. The van der Waals surface area contributed by atoms with Crippen molar-refractivity contribution < 1.29 is 24.5 Å². The molecule has 0 aromatic rings. The fourth-order valence-electron chi connectivity index (χ4n) is 1.66. The van der Waals surface area contributed by atoms with Crippen molar-refractivity contribution in [1.82, 2.24) is 0 Å². The highest BCUT2D eigenvalue weighted by molar-refractivity contribution is 5.81. The van der Waals surface area contributed by atoms with Crippen LogP contribution in [0.5, 0.6) is 0 Å². The van der Waals surface area contributed by atoms with Crippen LogP contribution in [0.3, 0.4) is 0 Å². The Kier molecular flexibility index (Phi) is 20.3. The topological polar surface area (TPSA) is 76.0 Å². The number of carbonyl (C=O) groups is 1. The van der Waals surface area contributed by atoms with Crippen LogP contribution in [0.4, 0.5) is 0 Å². The van der Waals surface area contributed by atoms with Crippen molar-refractivity contribution in [3.63, 3.8) is 0 Å². The standard InChI is InChI=1S/C12H22O2.C4H10O3/c1-4-7-8-11(5-2)9-10-14-12(13)6-3;5-1-3-7-4-2-6/h6,11H,3-5,7-10H2,1-2H3;5-6H,1-4H2. The Morgan fingerprint density at radius 3 is 2.19 bits per heavy atom. The van der Waals surface area contributed by atoms with Crippen molar-refractivity contribution in [2.24, 2.45) is 5.92 Å². The summed E-state index contributed by atoms with van der Waals surface area (Å²) in [6.45, 7) is 8.97. The van der Waals surface area contributed by atoms with E-state index in [0.29, 0.717) is 25.7 Å². The number of carbonyl (C=O) groups excluding carboxylic acids is 1. The summed E-state index contributed by atoms with van der Waals surface area (Å²) in [6, 6.07) is 0. The highest BCUT2D eigenvalue weighted by atomic mass is 16.5. The van der Waals surface area contributed by atoms with Gasteiger partial charge in [0.1, 0.15) is 0 Å². The molecule has 5 heteroatoms. The van der Waals surface area contributed by atoms with Crippen molar-refractivity contribution in [2.75, 3.05) is 33.0 Å². The van der Waals surface area contributed by atoms with Crippen LogP contribution in [-0.2, 0) is 14.3 Å². The van der Waals surface area contributed by atoms with Gasteiger partial charge in [-0.3, -0.25) is 0 Å². The molecule has 0 rings (SSSR count). The number of hydrogen-bond donors (Lipinski definition) is 2. The normalized spacial score (nSPS) is 11.2. The molecule has 0 aromatic carbocycles. The number of aliphatic hydroxyl groups is 2. The first-order chi connectivity index (χ1) is 10.2. The fourth-order valence-corrected chi connectivity index (χ4v) is 1.66. The van der Waals surface area contributed by atoms with Gasteiger partial charge >= 0.3 is 5.97 Å². The second kappa shape index (κ2) is 19.1. The van der Waals surface area contributed by atoms with Gasteiger partial charge in [0.2, 0.25) is 0 Å². The molecule has 2 N–H and O–H groups in total. The Labute approximate surface area is 129 Å². The molecular weight excluding hydrogens is 272 g/mol. The Morgan fingerprint density at radius 2 is 1.76 bits per heavy atom. The molecular formula is C16H32O5. The van der Waals surface area contributed by atoms with E-state index in [1.54, 1.807) is 0 Å². The second-order valence-electron chi connectivity index (χ2n) is 4.64. The Balaban J connectivity index is 0. The van der Waals surface area contributed by atoms with Crippen LogP contribution in [-0.4, -0.2) is 49.2 Å². The van der Waals surface area contributed by atoms with Gasteiger partial charge in [-0.15, -0.1) is 0 Å². The number of unbranched alkanes of at least 4 members (excludes halogenated alkanes) is 1. The van der Waals surface area contributed by atoms with Crippen LogP contribution in [0, 0.1) is 5.92 Å². The maximum absolute atomic E-state index is 10.8. The van der Waals surface area contributed by atoms with Crippen LogP contribution >= 0.6 is 0 Å². The number of rotatable bonds is 12. The van der Waals surface area contributed by atoms with E-state index >= 15 is 0 Å². The lowest BCUT2D eigenvalue weighted by molar-refractivity contribution is -0.138. The Hall–Kier alpha value is -0.910. The molecule has 0 aromatic heterocycles. The summed E-state index contributed by atoms with van der Waals surface area (Å²) in [4.78, 5) is 10.8. The van der Waals surface area contributed by atoms with Crippen LogP contribution in [0.2, 0.25) is 0 Å². The number of esters is 1. The average molecular weight is 304 g/mol. The zero-order chi connectivity index (χ0) is 16.3. The van der Waals surface area contributed by atoms with Crippen molar-refractivity contribution in [3.8, 4) is 0 Å². The van der Waals surface area contributed by atoms with E-state index < -0.39 is 0 Å². The van der Waals surface area contributed by atoms with Crippen LogP contribution in [0.25, 0.3) is 0 Å². The summed E-state index contributed by atoms with van der Waals surface area (Å²) in [7, 11) is 0. The molecule has 0 aliphatic heterocycles. The van der Waals surface area contributed by atoms with E-state index in [1.807, 2.05) is 0 Å². The number of aliphatic hydroxyl groups excluding tert-OH is 2. The maximum atomic E-state index is 10.8. The van der Waals surface area contributed by atoms with Crippen molar-refractivity contribution in [2.45, 2.75) is 46.0 Å². The molecule has 21 heavy (non-hydrogen) atoms. The molecule has 0 bridgehead atoms. The molecule has 0 spiro atoms. The van der Waals surface area contributed by atoms with Crippen LogP contribution < -0.4 is 0 Å². The largest absolute Gasteiger partial charge is 0.463 e. The van der Waals surface area contributed by atoms with Gasteiger partial charge in [0.25, 0.3) is 0 Å². The lowest BCUT2D eigenvalue weighted by Gasteiger charge is -2.13. The summed E-state index contributed by atoms with van der Waals surface area (Å²) in [6.07, 6.45) is 7.13. The smallest absolute Gasteiger partial charge is 0.330 e.